The first-order valence-corrected chi connectivity index (χ1v) is 13.5. The number of alkyl carbamates (subject to hydrolysis) is 1. The van der Waals surface area contributed by atoms with E-state index in [-0.39, 0.29) is 18.9 Å². The molecule has 10 nitrogen and oxygen atoms in total. The van der Waals surface area contributed by atoms with Crippen molar-refractivity contribution in [3.05, 3.63) is 59.7 Å². The number of carboxylic acids is 1. The molecular formula is C29H36N4O6. The van der Waals surface area contributed by atoms with E-state index in [1.54, 1.807) is 6.92 Å². The van der Waals surface area contributed by atoms with Crippen LogP contribution in [0.3, 0.4) is 0 Å². The highest BCUT2D eigenvalue weighted by Gasteiger charge is 2.38. The van der Waals surface area contributed by atoms with Crippen molar-refractivity contribution in [2.45, 2.75) is 63.1 Å². The Bertz CT molecular complexity index is 1170. The van der Waals surface area contributed by atoms with Crippen LogP contribution in [0.1, 0.15) is 56.1 Å². The van der Waals surface area contributed by atoms with Gasteiger partial charge in [0.05, 0.1) is 0 Å². The fourth-order valence-corrected chi connectivity index (χ4v) is 5.45. The molecule has 2 aromatic rings. The summed E-state index contributed by atoms with van der Waals surface area (Å²) in [7, 11) is 0. The molecule has 1 fully saturated rings. The Labute approximate surface area is 227 Å². The molecule has 1 aliphatic carbocycles. The molecule has 0 unspecified atom stereocenters. The zero-order valence-corrected chi connectivity index (χ0v) is 22.1. The van der Waals surface area contributed by atoms with Gasteiger partial charge in [-0.25, -0.2) is 9.59 Å². The molecule has 0 bridgehead atoms. The number of fused-ring (bicyclic) bond motifs is 3. The van der Waals surface area contributed by atoms with Crippen LogP contribution < -0.4 is 16.4 Å². The van der Waals surface area contributed by atoms with Crippen LogP contribution >= 0.6 is 0 Å². The van der Waals surface area contributed by atoms with Gasteiger partial charge in [-0.3, -0.25) is 9.59 Å². The van der Waals surface area contributed by atoms with Crippen molar-refractivity contribution in [1.82, 2.24) is 15.5 Å². The molecule has 2 aromatic carbocycles. The Morgan fingerprint density at radius 1 is 1.03 bits per heavy atom. The van der Waals surface area contributed by atoms with Crippen LogP contribution in [0.15, 0.2) is 48.5 Å². The smallest absolute Gasteiger partial charge is 0.407 e. The van der Waals surface area contributed by atoms with Crippen molar-refractivity contribution in [2.24, 2.45) is 5.73 Å². The normalized spacial score (nSPS) is 17.6. The number of carbonyl (C=O) groups is 4. The average molecular weight is 537 g/mol. The van der Waals surface area contributed by atoms with Crippen molar-refractivity contribution in [1.29, 1.82) is 0 Å². The first-order valence-electron chi connectivity index (χ1n) is 13.5. The van der Waals surface area contributed by atoms with Crippen LogP contribution in [0.5, 0.6) is 0 Å². The summed E-state index contributed by atoms with van der Waals surface area (Å²) >= 11 is 0. The Morgan fingerprint density at radius 2 is 1.67 bits per heavy atom. The van der Waals surface area contributed by atoms with Crippen LogP contribution in [0, 0.1) is 0 Å². The zero-order chi connectivity index (χ0) is 27.9. The number of rotatable bonds is 11. The number of nitrogens with two attached hydrogens (primary N) is 1. The van der Waals surface area contributed by atoms with Gasteiger partial charge in [-0.05, 0) is 67.8 Å². The third-order valence-electron chi connectivity index (χ3n) is 7.45. The van der Waals surface area contributed by atoms with Gasteiger partial charge in [-0.15, -0.1) is 0 Å². The number of nitrogens with one attached hydrogen (secondary N) is 2. The number of likely N-dealkylation sites (tertiary alicyclic amines) is 1. The van der Waals surface area contributed by atoms with E-state index in [1.165, 1.54) is 4.90 Å². The third kappa shape index (κ3) is 6.39. The first-order chi connectivity index (χ1) is 18.8. The maximum Gasteiger partial charge on any atom is 0.407 e. The molecule has 1 saturated heterocycles. The minimum atomic E-state index is -1.12. The topological polar surface area (TPSA) is 151 Å². The SMILES string of the molecule is C[C@H](NC(=O)OCC1c2ccccc2-c2ccccc21)C(=O)N1CCC[C@H]1C(=O)N[C@@H](CCCCN)C(=O)O. The summed E-state index contributed by atoms with van der Waals surface area (Å²) in [6.45, 7) is 2.46. The van der Waals surface area contributed by atoms with Crippen molar-refractivity contribution >= 4 is 23.9 Å². The fraction of sp³-hybridized carbons (Fsp3) is 0.448. The van der Waals surface area contributed by atoms with E-state index < -0.39 is 42.0 Å². The second kappa shape index (κ2) is 12.8. The highest BCUT2D eigenvalue weighted by atomic mass is 16.5. The molecule has 39 heavy (non-hydrogen) atoms. The lowest BCUT2D eigenvalue weighted by Crippen LogP contribution is -2.54. The highest BCUT2D eigenvalue weighted by Crippen LogP contribution is 2.44. The van der Waals surface area contributed by atoms with Gasteiger partial charge >= 0.3 is 12.1 Å². The molecule has 5 N–H and O–H groups in total. The second-order valence-corrected chi connectivity index (χ2v) is 10.1. The maximum absolute atomic E-state index is 13.2. The predicted molar refractivity (Wildman–Crippen MR) is 145 cm³/mol. The van der Waals surface area contributed by atoms with Gasteiger partial charge in [0.25, 0.3) is 0 Å². The van der Waals surface area contributed by atoms with Gasteiger partial charge in [0, 0.05) is 12.5 Å². The molecule has 1 heterocycles. The number of carboxylic acid groups (broad SMARTS) is 1. The number of ether oxygens (including phenoxy) is 1. The number of hydrogen-bond acceptors (Lipinski definition) is 6. The van der Waals surface area contributed by atoms with Crippen molar-refractivity contribution in [2.75, 3.05) is 19.7 Å². The quantitative estimate of drug-likeness (QED) is 0.322. The number of unbranched alkanes of at least 4 members (excludes halogenated alkanes) is 1. The molecule has 0 spiro atoms. The first kappa shape index (κ1) is 28.1. The maximum atomic E-state index is 13.2. The minimum Gasteiger partial charge on any atom is -0.480 e. The average Bonchev–Trinajstić information content (AvgIpc) is 3.54. The van der Waals surface area contributed by atoms with Gasteiger partial charge in [0.2, 0.25) is 11.8 Å². The van der Waals surface area contributed by atoms with E-state index in [2.05, 4.69) is 22.8 Å². The fourth-order valence-electron chi connectivity index (χ4n) is 5.45. The Hall–Kier alpha value is -3.92. The van der Waals surface area contributed by atoms with Crippen molar-refractivity contribution in [3.8, 4) is 11.1 Å². The number of benzene rings is 2. The molecule has 10 heteroatoms. The number of hydrogen-bond donors (Lipinski definition) is 4. The highest BCUT2D eigenvalue weighted by molar-refractivity contribution is 5.93. The monoisotopic (exact) mass is 536 g/mol. The van der Waals surface area contributed by atoms with Crippen LogP contribution in [0.25, 0.3) is 11.1 Å². The molecule has 4 rings (SSSR count). The molecule has 1 aliphatic heterocycles. The molecule has 0 radical (unpaired) electrons. The van der Waals surface area contributed by atoms with E-state index in [9.17, 15) is 24.3 Å². The molecule has 3 atom stereocenters. The van der Waals surface area contributed by atoms with Crippen LogP contribution in [0.2, 0.25) is 0 Å². The summed E-state index contributed by atoms with van der Waals surface area (Å²) in [6.07, 6.45) is 1.80. The summed E-state index contributed by atoms with van der Waals surface area (Å²) in [6, 6.07) is 13.3. The van der Waals surface area contributed by atoms with Gasteiger partial charge in [0.15, 0.2) is 0 Å². The Morgan fingerprint density at radius 3 is 2.28 bits per heavy atom. The van der Waals surface area contributed by atoms with Crippen molar-refractivity contribution in [3.63, 3.8) is 0 Å². The molecule has 0 aromatic heterocycles. The van der Waals surface area contributed by atoms with Gasteiger partial charge in [0.1, 0.15) is 24.7 Å². The number of carbonyl (C=O) groups excluding carboxylic acids is 3. The van der Waals surface area contributed by atoms with E-state index in [0.717, 1.165) is 22.3 Å². The van der Waals surface area contributed by atoms with E-state index in [4.69, 9.17) is 10.5 Å². The lowest BCUT2D eigenvalue weighted by Gasteiger charge is -2.28. The largest absolute Gasteiger partial charge is 0.480 e. The van der Waals surface area contributed by atoms with Crippen LogP contribution in [-0.4, -0.2) is 71.7 Å². The van der Waals surface area contributed by atoms with Crippen LogP contribution in [0.4, 0.5) is 4.79 Å². The van der Waals surface area contributed by atoms with Gasteiger partial charge in [-0.2, -0.15) is 0 Å². The summed E-state index contributed by atoms with van der Waals surface area (Å²) in [5.41, 5.74) is 9.89. The number of nitrogens with zero attached hydrogens (tertiary/aromatic N) is 1. The summed E-state index contributed by atoms with van der Waals surface area (Å²) in [4.78, 5) is 51.7. The predicted octanol–water partition coefficient (Wildman–Crippen LogP) is 2.60. The zero-order valence-electron chi connectivity index (χ0n) is 22.1. The lowest BCUT2D eigenvalue weighted by atomic mass is 9.98. The molecule has 0 saturated carbocycles. The van der Waals surface area contributed by atoms with Crippen molar-refractivity contribution < 1.29 is 29.0 Å². The summed E-state index contributed by atoms with van der Waals surface area (Å²) < 4.78 is 5.55. The van der Waals surface area contributed by atoms with E-state index in [0.29, 0.717) is 38.8 Å². The second-order valence-electron chi connectivity index (χ2n) is 10.1. The minimum absolute atomic E-state index is 0.104. The molecule has 2 aliphatic rings. The molecule has 3 amide bonds. The number of aliphatic carboxylic acids is 1. The summed E-state index contributed by atoms with van der Waals surface area (Å²) in [5.74, 6) is -2.15. The van der Waals surface area contributed by atoms with Crippen LogP contribution in [-0.2, 0) is 19.1 Å². The van der Waals surface area contributed by atoms with E-state index in [1.807, 2.05) is 36.4 Å². The third-order valence-corrected chi connectivity index (χ3v) is 7.45. The van der Waals surface area contributed by atoms with Gasteiger partial charge < -0.3 is 31.1 Å². The van der Waals surface area contributed by atoms with Gasteiger partial charge in [-0.1, -0.05) is 48.5 Å². The van der Waals surface area contributed by atoms with E-state index >= 15 is 0 Å². The summed E-state index contributed by atoms with van der Waals surface area (Å²) in [5, 5.41) is 14.6. The standard InChI is InChI=1S/C29H36N4O6/c1-18(27(35)33-16-8-14-25(33)26(34)32-24(28(36)37)13-6-7-15-30)31-29(38)39-17-23-21-11-4-2-9-19(21)20-10-3-5-12-22(20)23/h2-5,9-12,18,23-25H,6-8,13-17,30H2,1H3,(H,31,38)(H,32,34)(H,36,37)/t18-,24-,25-/m0/s1. The molecular weight excluding hydrogens is 500 g/mol. The Kier molecular flexibility index (Phi) is 9.19. The number of amides is 3. The molecule has 208 valence electrons. The lowest BCUT2D eigenvalue weighted by molar-refractivity contribution is -0.144. The Balaban J connectivity index is 1.32.